The summed E-state index contributed by atoms with van der Waals surface area (Å²) in [5.41, 5.74) is 7.08. The molecule has 0 unspecified atom stereocenters. The quantitative estimate of drug-likeness (QED) is 0.600. The van der Waals surface area contributed by atoms with E-state index in [4.69, 9.17) is 0 Å². The van der Waals surface area contributed by atoms with Crippen molar-refractivity contribution in [1.82, 2.24) is 4.98 Å². The van der Waals surface area contributed by atoms with E-state index in [1.807, 2.05) is 25.3 Å². The number of rotatable bonds is 8. The molecule has 0 saturated carbocycles. The standard InChI is InChI=1S/C22H28N2/c1-6-8-10-20-13-12-19(7-2)15-21(20)16-24(17(3)4)22-11-9-14-23-18(22)5/h7,9,11-15H,2-3,6,8,10,16H2,1,4-5H3. The topological polar surface area (TPSA) is 16.1 Å². The summed E-state index contributed by atoms with van der Waals surface area (Å²) >= 11 is 0. The summed E-state index contributed by atoms with van der Waals surface area (Å²) < 4.78 is 0. The van der Waals surface area contributed by atoms with Crippen molar-refractivity contribution in [1.29, 1.82) is 0 Å². The fraction of sp³-hybridized carbons (Fsp3) is 0.318. The molecule has 0 saturated heterocycles. The van der Waals surface area contributed by atoms with Crippen LogP contribution in [-0.4, -0.2) is 4.98 Å². The smallest absolute Gasteiger partial charge is 0.0627 e. The highest BCUT2D eigenvalue weighted by atomic mass is 15.1. The van der Waals surface area contributed by atoms with Crippen molar-refractivity contribution >= 4 is 11.8 Å². The average molecular weight is 320 g/mol. The lowest BCUT2D eigenvalue weighted by Gasteiger charge is -2.27. The second-order valence-corrected chi connectivity index (χ2v) is 6.27. The Kier molecular flexibility index (Phi) is 6.36. The number of hydrogen-bond acceptors (Lipinski definition) is 2. The minimum absolute atomic E-state index is 0.808. The van der Waals surface area contributed by atoms with Gasteiger partial charge in [-0.15, -0.1) is 0 Å². The second-order valence-electron chi connectivity index (χ2n) is 6.27. The zero-order chi connectivity index (χ0) is 17.5. The predicted octanol–water partition coefficient (Wildman–Crippen LogP) is 5.92. The van der Waals surface area contributed by atoms with Gasteiger partial charge >= 0.3 is 0 Å². The van der Waals surface area contributed by atoms with Gasteiger partial charge in [0, 0.05) is 18.4 Å². The first-order chi connectivity index (χ1) is 11.6. The van der Waals surface area contributed by atoms with E-state index in [1.54, 1.807) is 0 Å². The molecule has 0 aliphatic rings. The van der Waals surface area contributed by atoms with E-state index >= 15 is 0 Å². The fourth-order valence-electron chi connectivity index (χ4n) is 2.89. The molecule has 1 aromatic carbocycles. The molecular weight excluding hydrogens is 292 g/mol. The Balaban J connectivity index is 2.39. The predicted molar refractivity (Wildman–Crippen MR) is 105 cm³/mol. The minimum Gasteiger partial charge on any atom is -0.340 e. The van der Waals surface area contributed by atoms with Crippen LogP contribution in [0.15, 0.2) is 55.4 Å². The third-order valence-corrected chi connectivity index (χ3v) is 4.32. The van der Waals surface area contributed by atoms with Crippen molar-refractivity contribution in [3.63, 3.8) is 0 Å². The number of allylic oxidation sites excluding steroid dienone is 1. The summed E-state index contributed by atoms with van der Waals surface area (Å²) in [6.07, 6.45) is 7.27. The molecule has 24 heavy (non-hydrogen) atoms. The summed E-state index contributed by atoms with van der Waals surface area (Å²) in [7, 11) is 0. The van der Waals surface area contributed by atoms with Gasteiger partial charge in [0.05, 0.1) is 11.4 Å². The summed E-state index contributed by atoms with van der Waals surface area (Å²) in [6.45, 7) is 15.2. The van der Waals surface area contributed by atoms with E-state index in [9.17, 15) is 0 Å². The maximum absolute atomic E-state index is 4.43. The molecule has 0 bridgehead atoms. The molecule has 0 amide bonds. The van der Waals surface area contributed by atoms with Gasteiger partial charge in [0.15, 0.2) is 0 Å². The lowest BCUT2D eigenvalue weighted by molar-refractivity contribution is 0.780. The molecule has 2 rings (SSSR count). The Bertz CT molecular complexity index is 716. The maximum atomic E-state index is 4.43. The van der Waals surface area contributed by atoms with E-state index in [0.29, 0.717) is 0 Å². The minimum atomic E-state index is 0.808. The number of pyridine rings is 1. The van der Waals surface area contributed by atoms with Gasteiger partial charge in [-0.2, -0.15) is 0 Å². The Morgan fingerprint density at radius 2 is 2.04 bits per heavy atom. The van der Waals surface area contributed by atoms with Crippen LogP contribution < -0.4 is 4.90 Å². The van der Waals surface area contributed by atoms with E-state index in [2.05, 4.69) is 61.2 Å². The Hall–Kier alpha value is -2.35. The van der Waals surface area contributed by atoms with Gasteiger partial charge in [-0.1, -0.05) is 44.7 Å². The highest BCUT2D eigenvalue weighted by molar-refractivity contribution is 5.56. The van der Waals surface area contributed by atoms with Crippen molar-refractivity contribution in [2.45, 2.75) is 46.6 Å². The molecule has 126 valence electrons. The number of aromatic nitrogens is 1. The largest absolute Gasteiger partial charge is 0.340 e. The summed E-state index contributed by atoms with van der Waals surface area (Å²) in [4.78, 5) is 6.68. The van der Waals surface area contributed by atoms with Crippen molar-refractivity contribution in [2.75, 3.05) is 4.90 Å². The number of hydrogen-bond donors (Lipinski definition) is 0. The van der Waals surface area contributed by atoms with Crippen LogP contribution in [0.3, 0.4) is 0 Å². The Labute approximate surface area is 146 Å². The molecule has 2 aromatic rings. The van der Waals surface area contributed by atoms with Gasteiger partial charge in [0.25, 0.3) is 0 Å². The number of anilines is 1. The first-order valence-electron chi connectivity index (χ1n) is 8.65. The molecular formula is C22H28N2. The van der Waals surface area contributed by atoms with Crippen LogP contribution in [0, 0.1) is 6.92 Å². The SMILES string of the molecule is C=Cc1ccc(CCCC)c(CN(C(=C)C)c2cccnc2C)c1. The van der Waals surface area contributed by atoms with Crippen LogP contribution in [0.4, 0.5) is 5.69 Å². The lowest BCUT2D eigenvalue weighted by Crippen LogP contribution is -2.22. The van der Waals surface area contributed by atoms with Crippen LogP contribution >= 0.6 is 0 Å². The molecule has 0 spiro atoms. The van der Waals surface area contributed by atoms with E-state index < -0.39 is 0 Å². The molecule has 0 radical (unpaired) electrons. The van der Waals surface area contributed by atoms with E-state index in [1.165, 1.54) is 24.0 Å². The zero-order valence-corrected chi connectivity index (χ0v) is 15.2. The van der Waals surface area contributed by atoms with E-state index in [0.717, 1.165) is 35.6 Å². The number of unbranched alkanes of at least 4 members (excludes halogenated alkanes) is 1. The monoisotopic (exact) mass is 320 g/mol. The summed E-state index contributed by atoms with van der Waals surface area (Å²) in [5, 5.41) is 0. The van der Waals surface area contributed by atoms with Crippen molar-refractivity contribution in [3.05, 3.63) is 77.8 Å². The van der Waals surface area contributed by atoms with Gasteiger partial charge < -0.3 is 4.90 Å². The third-order valence-electron chi connectivity index (χ3n) is 4.32. The molecule has 0 aliphatic heterocycles. The normalized spacial score (nSPS) is 10.5. The van der Waals surface area contributed by atoms with Gasteiger partial charge in [-0.25, -0.2) is 0 Å². The highest BCUT2D eigenvalue weighted by Crippen LogP contribution is 2.26. The Morgan fingerprint density at radius 3 is 2.67 bits per heavy atom. The lowest BCUT2D eigenvalue weighted by atomic mass is 9.98. The number of nitrogens with zero attached hydrogens (tertiary/aromatic N) is 2. The van der Waals surface area contributed by atoms with Crippen LogP contribution in [0.5, 0.6) is 0 Å². The fourth-order valence-corrected chi connectivity index (χ4v) is 2.89. The molecule has 0 fully saturated rings. The highest BCUT2D eigenvalue weighted by Gasteiger charge is 2.13. The van der Waals surface area contributed by atoms with Crippen LogP contribution in [0.25, 0.3) is 6.08 Å². The summed E-state index contributed by atoms with van der Waals surface area (Å²) in [5.74, 6) is 0. The van der Waals surface area contributed by atoms with Gasteiger partial charge in [0.2, 0.25) is 0 Å². The van der Waals surface area contributed by atoms with Gasteiger partial charge in [-0.05, 0) is 61.6 Å². The van der Waals surface area contributed by atoms with Crippen molar-refractivity contribution < 1.29 is 0 Å². The number of aryl methyl sites for hydroxylation is 2. The third kappa shape index (κ3) is 4.35. The molecule has 0 N–H and O–H groups in total. The molecule has 0 atom stereocenters. The van der Waals surface area contributed by atoms with E-state index in [-0.39, 0.29) is 0 Å². The molecule has 2 nitrogen and oxygen atoms in total. The van der Waals surface area contributed by atoms with Crippen LogP contribution in [0.2, 0.25) is 0 Å². The molecule has 2 heteroatoms. The van der Waals surface area contributed by atoms with Crippen LogP contribution in [-0.2, 0) is 13.0 Å². The first-order valence-corrected chi connectivity index (χ1v) is 8.65. The maximum Gasteiger partial charge on any atom is 0.0627 e. The molecule has 0 aliphatic carbocycles. The van der Waals surface area contributed by atoms with Crippen molar-refractivity contribution in [2.24, 2.45) is 0 Å². The van der Waals surface area contributed by atoms with Gasteiger partial charge in [-0.3, -0.25) is 4.98 Å². The average Bonchev–Trinajstić information content (AvgIpc) is 2.58. The van der Waals surface area contributed by atoms with Gasteiger partial charge in [0.1, 0.15) is 0 Å². The molecule has 1 aromatic heterocycles. The number of benzene rings is 1. The molecule has 1 heterocycles. The zero-order valence-electron chi connectivity index (χ0n) is 15.2. The van der Waals surface area contributed by atoms with Crippen molar-refractivity contribution in [3.8, 4) is 0 Å². The van der Waals surface area contributed by atoms with Crippen LogP contribution in [0.1, 0.15) is 49.1 Å². The summed E-state index contributed by atoms with van der Waals surface area (Å²) in [6, 6.07) is 10.7. The first kappa shape index (κ1) is 18.0. The second kappa shape index (κ2) is 8.49. The Morgan fingerprint density at radius 1 is 1.25 bits per heavy atom.